The molecule has 10 heteroatoms. The zero-order valence-electron chi connectivity index (χ0n) is 18.2. The molecule has 0 aromatic carbocycles. The van der Waals surface area contributed by atoms with E-state index in [1.54, 1.807) is 12.3 Å². The van der Waals surface area contributed by atoms with Crippen LogP contribution < -0.4 is 4.90 Å². The third-order valence-corrected chi connectivity index (χ3v) is 7.23. The minimum absolute atomic E-state index is 0.131. The van der Waals surface area contributed by atoms with E-state index in [0.29, 0.717) is 43.0 Å². The molecule has 0 saturated carbocycles. The van der Waals surface area contributed by atoms with Crippen LogP contribution in [0.3, 0.4) is 0 Å². The van der Waals surface area contributed by atoms with Gasteiger partial charge in [0.15, 0.2) is 5.13 Å². The summed E-state index contributed by atoms with van der Waals surface area (Å²) in [6.07, 6.45) is -1.25. The van der Waals surface area contributed by atoms with Crippen molar-refractivity contribution < 1.29 is 18.0 Å². The molecule has 3 aromatic rings. The van der Waals surface area contributed by atoms with Crippen LogP contribution >= 0.6 is 11.3 Å². The second-order valence-corrected chi connectivity index (χ2v) is 9.67. The number of nitrogens with zero attached hydrogens (tertiary/aromatic N) is 5. The average molecular weight is 474 g/mol. The number of carbonyl (C=O) groups excluding carboxylic acids is 1. The van der Waals surface area contributed by atoms with Gasteiger partial charge in [-0.1, -0.05) is 11.3 Å². The van der Waals surface area contributed by atoms with E-state index in [1.807, 2.05) is 11.8 Å². The van der Waals surface area contributed by atoms with Gasteiger partial charge >= 0.3 is 6.18 Å². The van der Waals surface area contributed by atoms with Crippen molar-refractivity contribution in [1.82, 2.24) is 19.9 Å². The topological polar surface area (TPSA) is 62.2 Å². The van der Waals surface area contributed by atoms with Crippen LogP contribution in [0, 0.1) is 19.8 Å². The number of hydrogen-bond acceptors (Lipinski definition) is 6. The molecular formula is C23H22F3N5OS. The maximum absolute atomic E-state index is 12.9. The Morgan fingerprint density at radius 3 is 2.73 bits per heavy atom. The minimum atomic E-state index is -4.48. The largest absolute Gasteiger partial charge is 0.433 e. The van der Waals surface area contributed by atoms with E-state index < -0.39 is 11.9 Å². The van der Waals surface area contributed by atoms with Gasteiger partial charge in [0, 0.05) is 50.1 Å². The lowest BCUT2D eigenvalue weighted by atomic mass is 9.96. The maximum Gasteiger partial charge on any atom is 0.433 e. The Morgan fingerprint density at radius 2 is 1.97 bits per heavy atom. The number of alkyl halides is 3. The summed E-state index contributed by atoms with van der Waals surface area (Å²) in [5.74, 6) is 0.369. The summed E-state index contributed by atoms with van der Waals surface area (Å²) in [5, 5.41) is 0.753. The molecule has 0 N–H and O–H groups in total. The van der Waals surface area contributed by atoms with E-state index in [2.05, 4.69) is 32.8 Å². The van der Waals surface area contributed by atoms with Crippen molar-refractivity contribution in [2.24, 2.45) is 5.92 Å². The van der Waals surface area contributed by atoms with Gasteiger partial charge < -0.3 is 9.80 Å². The summed E-state index contributed by atoms with van der Waals surface area (Å²) in [5.41, 5.74) is 3.83. The SMILES string of the molecule is Cc1cc(C)c2c(n1)CN(C(=O)CC1CN(c3ncc(-c4ccnc(C(F)(F)F)c4)s3)C1)C2. The zero-order valence-corrected chi connectivity index (χ0v) is 19.0. The molecule has 2 aliphatic rings. The van der Waals surface area contributed by atoms with Gasteiger partial charge in [0.05, 0.1) is 17.1 Å². The first-order valence-corrected chi connectivity index (χ1v) is 11.5. The van der Waals surface area contributed by atoms with Crippen LogP contribution in [-0.2, 0) is 24.1 Å². The average Bonchev–Trinajstić information content (AvgIpc) is 3.37. The first kappa shape index (κ1) is 21.8. The Hall–Kier alpha value is -3.01. The van der Waals surface area contributed by atoms with E-state index >= 15 is 0 Å². The summed E-state index contributed by atoms with van der Waals surface area (Å²) >= 11 is 1.35. The second-order valence-electron chi connectivity index (χ2n) is 8.67. The fourth-order valence-corrected chi connectivity index (χ4v) is 5.34. The Morgan fingerprint density at radius 1 is 1.18 bits per heavy atom. The van der Waals surface area contributed by atoms with E-state index in [-0.39, 0.29) is 11.8 Å². The Kier molecular flexibility index (Phi) is 5.35. The molecular weight excluding hydrogens is 451 g/mol. The molecule has 0 aliphatic carbocycles. The number of fused-ring (bicyclic) bond motifs is 1. The van der Waals surface area contributed by atoms with Crippen molar-refractivity contribution >= 4 is 22.4 Å². The molecule has 6 nitrogen and oxygen atoms in total. The van der Waals surface area contributed by atoms with Crippen LogP contribution in [0.4, 0.5) is 18.3 Å². The number of aromatic nitrogens is 3. The molecule has 1 saturated heterocycles. The van der Waals surface area contributed by atoms with E-state index in [4.69, 9.17) is 0 Å². The summed E-state index contributed by atoms with van der Waals surface area (Å²) in [4.78, 5) is 29.8. The highest BCUT2D eigenvalue weighted by Crippen LogP contribution is 2.37. The first-order chi connectivity index (χ1) is 15.7. The Bertz CT molecular complexity index is 1220. The van der Waals surface area contributed by atoms with Gasteiger partial charge in [-0.2, -0.15) is 13.2 Å². The molecule has 0 spiro atoms. The molecule has 0 radical (unpaired) electrons. The van der Waals surface area contributed by atoms with Crippen LogP contribution in [0.5, 0.6) is 0 Å². The highest BCUT2D eigenvalue weighted by molar-refractivity contribution is 7.18. The van der Waals surface area contributed by atoms with Crippen molar-refractivity contribution in [3.05, 3.63) is 58.8 Å². The van der Waals surface area contributed by atoms with Gasteiger partial charge in [-0.25, -0.2) is 4.98 Å². The number of thiazole rings is 1. The molecule has 5 rings (SSSR count). The molecule has 33 heavy (non-hydrogen) atoms. The van der Waals surface area contributed by atoms with E-state index in [1.165, 1.54) is 16.9 Å². The Balaban J connectivity index is 1.17. The smallest absolute Gasteiger partial charge is 0.347 e. The summed E-state index contributed by atoms with van der Waals surface area (Å²) in [6.45, 7) is 6.62. The fraction of sp³-hybridized carbons (Fsp3) is 0.391. The van der Waals surface area contributed by atoms with E-state index in [0.717, 1.165) is 34.3 Å². The first-order valence-electron chi connectivity index (χ1n) is 10.7. The van der Waals surface area contributed by atoms with Crippen LogP contribution in [0.15, 0.2) is 30.6 Å². The fourth-order valence-electron chi connectivity index (χ4n) is 4.41. The second kappa shape index (κ2) is 8.09. The predicted molar refractivity (Wildman–Crippen MR) is 119 cm³/mol. The van der Waals surface area contributed by atoms with Gasteiger partial charge in [0.2, 0.25) is 5.91 Å². The molecule has 172 valence electrons. The van der Waals surface area contributed by atoms with Crippen molar-refractivity contribution in [2.75, 3.05) is 18.0 Å². The van der Waals surface area contributed by atoms with Crippen LogP contribution in [0.2, 0.25) is 0 Å². The number of amides is 1. The number of rotatable bonds is 4. The van der Waals surface area contributed by atoms with Crippen molar-refractivity contribution in [3.8, 4) is 10.4 Å². The third-order valence-electron chi connectivity index (χ3n) is 6.12. The molecule has 5 heterocycles. The lowest BCUT2D eigenvalue weighted by molar-refractivity contribution is -0.141. The number of pyridine rings is 2. The number of anilines is 1. The van der Waals surface area contributed by atoms with Gasteiger partial charge in [0.25, 0.3) is 0 Å². The van der Waals surface area contributed by atoms with Gasteiger partial charge in [-0.3, -0.25) is 14.8 Å². The molecule has 3 aromatic heterocycles. The van der Waals surface area contributed by atoms with Gasteiger partial charge in [0.1, 0.15) is 5.69 Å². The monoisotopic (exact) mass is 473 g/mol. The standard InChI is InChI=1S/C23H22F3N5OS/c1-13-5-14(2)29-18-12-30(11-17(13)18)21(32)6-15-9-31(10-15)22-28-8-19(33-22)16-3-4-27-20(7-16)23(24,25)26/h3-5,7-8,15H,6,9-12H2,1-2H3. The van der Waals surface area contributed by atoms with Gasteiger partial charge in [-0.05, 0) is 48.7 Å². The van der Waals surface area contributed by atoms with E-state index in [9.17, 15) is 18.0 Å². The summed E-state index contributed by atoms with van der Waals surface area (Å²) in [6, 6.07) is 4.64. The quantitative estimate of drug-likeness (QED) is 0.554. The molecule has 1 fully saturated rings. The van der Waals surface area contributed by atoms with Crippen LogP contribution in [0.1, 0.15) is 34.6 Å². The molecule has 2 aliphatic heterocycles. The lowest BCUT2D eigenvalue weighted by Crippen LogP contribution is -2.48. The number of halogens is 3. The van der Waals surface area contributed by atoms with Crippen molar-refractivity contribution in [2.45, 2.75) is 39.5 Å². The number of aryl methyl sites for hydroxylation is 2. The highest BCUT2D eigenvalue weighted by atomic mass is 32.1. The summed E-state index contributed by atoms with van der Waals surface area (Å²) in [7, 11) is 0. The maximum atomic E-state index is 12.9. The molecule has 1 amide bonds. The Labute approximate surface area is 193 Å². The normalized spacial score (nSPS) is 16.2. The lowest BCUT2D eigenvalue weighted by Gasteiger charge is -2.39. The predicted octanol–water partition coefficient (Wildman–Crippen LogP) is 4.60. The summed E-state index contributed by atoms with van der Waals surface area (Å²) < 4.78 is 38.8. The molecule has 0 atom stereocenters. The number of hydrogen-bond donors (Lipinski definition) is 0. The van der Waals surface area contributed by atoms with Crippen molar-refractivity contribution in [1.29, 1.82) is 0 Å². The molecule has 0 bridgehead atoms. The molecule has 0 unspecified atom stereocenters. The van der Waals surface area contributed by atoms with Gasteiger partial charge in [-0.15, -0.1) is 0 Å². The third kappa shape index (κ3) is 4.31. The number of carbonyl (C=O) groups is 1. The zero-order chi connectivity index (χ0) is 23.3. The van der Waals surface area contributed by atoms with Crippen LogP contribution in [0.25, 0.3) is 10.4 Å². The van der Waals surface area contributed by atoms with Crippen LogP contribution in [-0.4, -0.2) is 38.8 Å². The minimum Gasteiger partial charge on any atom is -0.347 e. The van der Waals surface area contributed by atoms with Crippen molar-refractivity contribution in [3.63, 3.8) is 0 Å². The highest BCUT2D eigenvalue weighted by Gasteiger charge is 2.35.